The van der Waals surface area contributed by atoms with E-state index >= 15 is 0 Å². The van der Waals surface area contributed by atoms with E-state index in [0.717, 1.165) is 13.0 Å². The van der Waals surface area contributed by atoms with Gasteiger partial charge in [-0.2, -0.15) is 0 Å². The van der Waals surface area contributed by atoms with E-state index in [-0.39, 0.29) is 11.3 Å². The summed E-state index contributed by atoms with van der Waals surface area (Å²) in [4.78, 5) is 67.3. The molecule has 0 aromatic heterocycles. The van der Waals surface area contributed by atoms with Gasteiger partial charge in [0.2, 0.25) is 5.91 Å². The highest BCUT2D eigenvalue weighted by Crippen LogP contribution is 2.54. The van der Waals surface area contributed by atoms with Crippen molar-refractivity contribution in [3.8, 4) is 5.75 Å². The number of amides is 1. The van der Waals surface area contributed by atoms with Crippen molar-refractivity contribution in [2.45, 2.75) is 63.1 Å². The van der Waals surface area contributed by atoms with E-state index in [9.17, 15) is 39.3 Å². The lowest BCUT2D eigenvalue weighted by molar-refractivity contribution is -0.189. The molecular weight excluding hydrogens is 520 g/mol. The normalized spacial score (nSPS) is 33.4. The fourth-order valence-corrected chi connectivity index (χ4v) is 7.21. The number of benzene rings is 1. The Morgan fingerprint density at radius 3 is 2.52 bits per heavy atom. The summed E-state index contributed by atoms with van der Waals surface area (Å²) in [6.07, 6.45) is 2.71. The molecule has 7 atom stereocenters. The van der Waals surface area contributed by atoms with Crippen LogP contribution in [0.4, 0.5) is 0 Å². The van der Waals surface area contributed by atoms with Gasteiger partial charge < -0.3 is 30.7 Å². The number of ether oxygens (including phenoxy) is 1. The Kier molecular flexibility index (Phi) is 6.66. The fourth-order valence-electron chi connectivity index (χ4n) is 7.21. The van der Waals surface area contributed by atoms with Gasteiger partial charge in [0, 0.05) is 36.6 Å². The Balaban J connectivity index is 1.51. The number of carbonyl (C=O) groups is 5. The van der Waals surface area contributed by atoms with Gasteiger partial charge in [0.05, 0.1) is 17.6 Å². The van der Waals surface area contributed by atoms with Crippen LogP contribution in [-0.2, 0) is 29.3 Å². The van der Waals surface area contributed by atoms with Crippen molar-refractivity contribution < 1.29 is 44.0 Å². The van der Waals surface area contributed by atoms with E-state index < -0.39 is 82.2 Å². The largest absolute Gasteiger partial charge is 0.507 e. The van der Waals surface area contributed by atoms with Gasteiger partial charge in [-0.3, -0.25) is 24.0 Å². The first kappa shape index (κ1) is 28.0. The van der Waals surface area contributed by atoms with E-state index in [4.69, 9.17) is 10.5 Å². The third kappa shape index (κ3) is 3.89. The lowest BCUT2D eigenvalue weighted by atomic mass is 9.50. The first-order valence-electron chi connectivity index (χ1n) is 13.5. The molecule has 11 heteroatoms. The van der Waals surface area contributed by atoms with Gasteiger partial charge in [-0.25, -0.2) is 0 Å². The van der Waals surface area contributed by atoms with E-state index in [1.54, 1.807) is 25.3 Å². The second kappa shape index (κ2) is 9.52. The average molecular weight is 555 g/mol. The number of phenolic OH excluding ortho intramolecular Hbond substituents is 1. The number of carbonyl (C=O) groups excluding carboxylic acids is 5. The maximum atomic E-state index is 13.9. The molecular formula is C29H34N2O9. The number of aliphatic hydroxyl groups excluding tert-OH is 1. The summed E-state index contributed by atoms with van der Waals surface area (Å²) in [5.41, 5.74) is 2.60. The molecule has 2 fully saturated rings. The average Bonchev–Trinajstić information content (AvgIpc) is 3.39. The quantitative estimate of drug-likeness (QED) is 0.365. The zero-order valence-corrected chi connectivity index (χ0v) is 22.6. The number of phenols is 1. The van der Waals surface area contributed by atoms with Crippen LogP contribution < -0.4 is 5.73 Å². The Labute approximate surface area is 231 Å². The van der Waals surface area contributed by atoms with Gasteiger partial charge in [0.15, 0.2) is 41.4 Å². The molecule has 0 saturated heterocycles. The molecule has 11 nitrogen and oxygen atoms in total. The topological polar surface area (TPSA) is 185 Å². The number of fused-ring (bicyclic) bond motifs is 3. The van der Waals surface area contributed by atoms with Gasteiger partial charge >= 0.3 is 0 Å². The van der Waals surface area contributed by atoms with Gasteiger partial charge in [0.25, 0.3) is 0 Å². The summed E-state index contributed by atoms with van der Waals surface area (Å²) < 4.78 is 5.20. The Hall–Kier alpha value is -3.57. The summed E-state index contributed by atoms with van der Waals surface area (Å²) in [6, 6.07) is 3.45. The fraction of sp³-hybridized carbons (Fsp3) is 0.552. The Bertz CT molecular complexity index is 1350. The number of primary amides is 1. The molecule has 0 spiro atoms. The second-order valence-electron chi connectivity index (χ2n) is 12.1. The van der Waals surface area contributed by atoms with Crippen molar-refractivity contribution in [3.63, 3.8) is 0 Å². The van der Waals surface area contributed by atoms with Crippen molar-refractivity contribution in [2.75, 3.05) is 13.3 Å². The van der Waals surface area contributed by atoms with Crippen LogP contribution in [0.3, 0.4) is 0 Å². The number of aliphatic hydroxyl groups is 2. The van der Waals surface area contributed by atoms with Crippen molar-refractivity contribution in [2.24, 2.45) is 29.4 Å². The van der Waals surface area contributed by atoms with Gasteiger partial charge in [-0.1, -0.05) is 32.9 Å². The number of Topliss-reactive ketones (excluding diaryl/α,β-unsaturated/α-hetero) is 4. The first-order chi connectivity index (χ1) is 18.7. The molecule has 1 aliphatic heterocycles. The van der Waals surface area contributed by atoms with Crippen molar-refractivity contribution in [3.05, 3.63) is 41.3 Å². The van der Waals surface area contributed by atoms with Crippen LogP contribution in [0, 0.1) is 23.7 Å². The smallest absolute Gasteiger partial charge is 0.235 e. The van der Waals surface area contributed by atoms with E-state index in [2.05, 4.69) is 0 Å². The number of nitrogens with zero attached hydrogens (tertiary/aromatic N) is 1. The van der Waals surface area contributed by atoms with Gasteiger partial charge in [0.1, 0.15) is 12.0 Å². The van der Waals surface area contributed by atoms with Crippen molar-refractivity contribution in [1.82, 2.24) is 4.90 Å². The van der Waals surface area contributed by atoms with Crippen LogP contribution in [0.5, 0.6) is 5.75 Å². The maximum Gasteiger partial charge on any atom is 0.235 e. The monoisotopic (exact) mass is 554 g/mol. The van der Waals surface area contributed by atoms with E-state index in [1.165, 1.54) is 0 Å². The molecule has 5 rings (SSSR count). The summed E-state index contributed by atoms with van der Waals surface area (Å²) in [5, 5.41) is 34.2. The van der Waals surface area contributed by atoms with E-state index in [0.29, 0.717) is 24.3 Å². The van der Waals surface area contributed by atoms with Crippen LogP contribution in [0.2, 0.25) is 0 Å². The molecule has 214 valence electrons. The lowest BCUT2D eigenvalue weighted by Gasteiger charge is -2.53. The minimum atomic E-state index is -2.93. The van der Waals surface area contributed by atoms with Crippen molar-refractivity contribution in [1.29, 1.82) is 0 Å². The van der Waals surface area contributed by atoms with Gasteiger partial charge in [-0.15, -0.1) is 0 Å². The number of ketones is 4. The van der Waals surface area contributed by atoms with E-state index in [1.807, 2.05) is 24.9 Å². The summed E-state index contributed by atoms with van der Waals surface area (Å²) >= 11 is 0. The molecule has 40 heavy (non-hydrogen) atoms. The van der Waals surface area contributed by atoms with Gasteiger partial charge in [-0.05, 0) is 29.7 Å². The molecule has 1 heterocycles. The molecule has 4 aliphatic rings. The second-order valence-corrected chi connectivity index (χ2v) is 12.1. The zero-order chi connectivity index (χ0) is 29.3. The zero-order valence-electron chi connectivity index (χ0n) is 22.6. The molecule has 1 aromatic carbocycles. The molecule has 0 bridgehead atoms. The first-order valence-corrected chi connectivity index (χ1v) is 13.5. The van der Waals surface area contributed by atoms with Crippen LogP contribution in [0.1, 0.15) is 67.4 Å². The molecule has 0 radical (unpaired) electrons. The minimum Gasteiger partial charge on any atom is -0.507 e. The summed E-state index contributed by atoms with van der Waals surface area (Å²) in [7, 11) is 0. The Morgan fingerprint density at radius 1 is 1.20 bits per heavy atom. The third-order valence-electron chi connectivity index (χ3n) is 9.44. The molecule has 1 amide bonds. The van der Waals surface area contributed by atoms with Crippen molar-refractivity contribution >= 4 is 29.0 Å². The minimum absolute atomic E-state index is 0.0800. The standard InChI is InChI=1S/C29H34N2O9/c1-13-14-5-6-15(28(2,3)7-4-8-31-9-10-40-12-31)22(33)19(14)24(35)21-18(13)23(34)16-11-17(32)20(27(30)38)25(36)29(16,39)26(21)37/h5-6,9-10,13,16,18,20-21,23,33-34,39H,4,7-8,11-12H2,1-3H3,(H2,30,38)/t13-,16+,18+,20?,21?,23+,29+/m0/s1. The molecule has 5 N–H and O–H groups in total. The number of nitrogens with two attached hydrogens (primary N) is 1. The SMILES string of the molecule is C[C@H]1c2ccc(C(C)(C)CCCN3C=COC3)c(O)c2C(=O)C2C(=O)[C@]3(O)C(=O)C(C(N)=O)C(=O)C[C@@H]3[C@@H](O)[C@@H]21. The van der Waals surface area contributed by atoms with Crippen LogP contribution in [0.25, 0.3) is 0 Å². The number of hydrogen-bond donors (Lipinski definition) is 4. The highest BCUT2D eigenvalue weighted by molar-refractivity contribution is 6.31. The summed E-state index contributed by atoms with van der Waals surface area (Å²) in [5.74, 6) is -12.8. The predicted molar refractivity (Wildman–Crippen MR) is 139 cm³/mol. The predicted octanol–water partition coefficient (Wildman–Crippen LogP) is 0.677. The molecule has 1 aromatic rings. The maximum absolute atomic E-state index is 13.9. The Morgan fingerprint density at radius 2 is 1.90 bits per heavy atom. The van der Waals surface area contributed by atoms with Crippen LogP contribution >= 0.6 is 0 Å². The number of rotatable bonds is 6. The lowest BCUT2D eigenvalue weighted by Crippen LogP contribution is -2.72. The molecule has 3 aliphatic carbocycles. The number of aromatic hydroxyl groups is 1. The third-order valence-corrected chi connectivity index (χ3v) is 9.44. The van der Waals surface area contributed by atoms with Crippen LogP contribution in [0.15, 0.2) is 24.6 Å². The number of hydrogen-bond acceptors (Lipinski definition) is 10. The highest BCUT2D eigenvalue weighted by Gasteiger charge is 2.69. The summed E-state index contributed by atoms with van der Waals surface area (Å²) in [6.45, 7) is 6.78. The van der Waals surface area contributed by atoms with Crippen LogP contribution in [-0.4, -0.2) is 74.2 Å². The molecule has 2 unspecified atom stereocenters. The molecule has 2 saturated carbocycles. The highest BCUT2D eigenvalue weighted by atomic mass is 16.5.